The van der Waals surface area contributed by atoms with Gasteiger partial charge in [-0.25, -0.2) is 14.3 Å². The third-order valence-corrected chi connectivity index (χ3v) is 6.72. The van der Waals surface area contributed by atoms with Crippen molar-refractivity contribution >= 4 is 12.1 Å². The number of alkyl carbamates (subject to hydrolysis) is 1. The van der Waals surface area contributed by atoms with Crippen LogP contribution in [0.4, 0.5) is 4.79 Å². The second kappa shape index (κ2) is 10.2. The van der Waals surface area contributed by atoms with Gasteiger partial charge in [0.05, 0.1) is 0 Å². The van der Waals surface area contributed by atoms with Gasteiger partial charge in [-0.1, -0.05) is 48.5 Å². The molecule has 2 aromatic carbocycles. The first kappa shape index (κ1) is 23.6. The Labute approximate surface area is 208 Å². The molecule has 1 aliphatic carbocycles. The summed E-state index contributed by atoms with van der Waals surface area (Å²) < 4.78 is 12.8. The van der Waals surface area contributed by atoms with Gasteiger partial charge in [0.25, 0.3) is 0 Å². The number of hydrogen-bond donors (Lipinski definition) is 2. The van der Waals surface area contributed by atoms with Crippen LogP contribution in [0.2, 0.25) is 0 Å². The number of carboxylic acid groups (broad SMARTS) is 1. The molecule has 2 N–H and O–H groups in total. The van der Waals surface area contributed by atoms with Crippen LogP contribution in [0.1, 0.15) is 53.8 Å². The van der Waals surface area contributed by atoms with Crippen LogP contribution in [0.25, 0.3) is 11.1 Å². The average Bonchev–Trinajstić information content (AvgIpc) is 3.46. The first-order valence-electron chi connectivity index (χ1n) is 12.0. The van der Waals surface area contributed by atoms with Gasteiger partial charge in [-0.15, -0.1) is 0 Å². The summed E-state index contributed by atoms with van der Waals surface area (Å²) in [5, 5.41) is 25.9. The van der Waals surface area contributed by atoms with Gasteiger partial charge >= 0.3 is 12.1 Å². The van der Waals surface area contributed by atoms with E-state index in [0.29, 0.717) is 12.2 Å². The SMILES string of the molecule is N#Cc1nn(C2CCCCO2)cc1CC(NC(=O)OCC1c2ccccc2-c2ccccc21)C(=O)O. The number of carbonyl (C=O) groups excluding carboxylic acids is 1. The number of aromatic nitrogens is 2. The number of carbonyl (C=O) groups is 2. The smallest absolute Gasteiger partial charge is 0.407 e. The van der Waals surface area contributed by atoms with E-state index in [1.807, 2.05) is 54.6 Å². The highest BCUT2D eigenvalue weighted by Crippen LogP contribution is 2.44. The molecule has 9 heteroatoms. The molecule has 9 nitrogen and oxygen atoms in total. The molecule has 3 aromatic rings. The third-order valence-electron chi connectivity index (χ3n) is 6.72. The van der Waals surface area contributed by atoms with Gasteiger partial charge in [-0.05, 0) is 41.5 Å². The fraction of sp³-hybridized carbons (Fsp3) is 0.333. The van der Waals surface area contributed by atoms with Gasteiger partial charge in [-0.3, -0.25) is 0 Å². The lowest BCUT2D eigenvalue weighted by atomic mass is 9.98. The maximum absolute atomic E-state index is 12.6. The van der Waals surface area contributed by atoms with Crippen molar-refractivity contribution in [2.45, 2.75) is 43.9 Å². The summed E-state index contributed by atoms with van der Waals surface area (Å²) >= 11 is 0. The van der Waals surface area contributed by atoms with Crippen LogP contribution < -0.4 is 5.32 Å². The Morgan fingerprint density at radius 1 is 1.17 bits per heavy atom. The molecular formula is C27H26N4O5. The molecule has 0 saturated carbocycles. The maximum atomic E-state index is 12.6. The average molecular weight is 487 g/mol. The van der Waals surface area contributed by atoms with Crippen molar-refractivity contribution in [2.24, 2.45) is 0 Å². The number of fused-ring (bicyclic) bond motifs is 3. The van der Waals surface area contributed by atoms with Crippen LogP contribution in [-0.2, 0) is 20.7 Å². The molecule has 2 atom stereocenters. The molecule has 184 valence electrons. The van der Waals surface area contributed by atoms with E-state index >= 15 is 0 Å². The van der Waals surface area contributed by atoms with Gasteiger partial charge in [0.15, 0.2) is 5.69 Å². The van der Waals surface area contributed by atoms with E-state index in [2.05, 4.69) is 10.4 Å². The Balaban J connectivity index is 1.26. The number of nitrogens with zero attached hydrogens (tertiary/aromatic N) is 3. The first-order valence-corrected chi connectivity index (χ1v) is 12.0. The summed E-state index contributed by atoms with van der Waals surface area (Å²) in [5.41, 5.74) is 4.89. The van der Waals surface area contributed by atoms with E-state index in [4.69, 9.17) is 9.47 Å². The lowest BCUT2D eigenvalue weighted by Gasteiger charge is -2.22. The molecule has 5 rings (SSSR count). The lowest BCUT2D eigenvalue weighted by Crippen LogP contribution is -2.43. The minimum Gasteiger partial charge on any atom is -0.480 e. The molecule has 2 unspecified atom stereocenters. The Bertz CT molecular complexity index is 1280. The molecule has 1 aromatic heterocycles. The zero-order chi connectivity index (χ0) is 25.1. The summed E-state index contributed by atoms with van der Waals surface area (Å²) in [6, 6.07) is 16.7. The number of hydrogen-bond acceptors (Lipinski definition) is 6. The van der Waals surface area contributed by atoms with Gasteiger partial charge in [0.2, 0.25) is 0 Å². The Morgan fingerprint density at radius 2 is 1.86 bits per heavy atom. The topological polar surface area (TPSA) is 126 Å². The number of rotatable bonds is 7. The molecule has 1 fully saturated rings. The van der Waals surface area contributed by atoms with E-state index in [-0.39, 0.29) is 30.9 Å². The fourth-order valence-electron chi connectivity index (χ4n) is 4.96. The number of carboxylic acids is 1. The monoisotopic (exact) mass is 486 g/mol. The summed E-state index contributed by atoms with van der Waals surface area (Å²) in [6.45, 7) is 0.690. The van der Waals surface area contributed by atoms with Crippen molar-refractivity contribution in [3.05, 3.63) is 77.1 Å². The molecule has 1 saturated heterocycles. The summed E-state index contributed by atoms with van der Waals surface area (Å²) in [7, 11) is 0. The van der Waals surface area contributed by atoms with Gasteiger partial charge in [0, 0.05) is 30.7 Å². The highest BCUT2D eigenvalue weighted by atomic mass is 16.5. The van der Waals surface area contributed by atoms with Crippen molar-refractivity contribution in [3.8, 4) is 17.2 Å². The first-order chi connectivity index (χ1) is 17.5. The molecule has 1 aliphatic heterocycles. The summed E-state index contributed by atoms with van der Waals surface area (Å²) in [4.78, 5) is 24.6. The van der Waals surface area contributed by atoms with Crippen molar-refractivity contribution in [3.63, 3.8) is 0 Å². The van der Waals surface area contributed by atoms with Crippen LogP contribution in [0.5, 0.6) is 0 Å². The second-order valence-electron chi connectivity index (χ2n) is 8.98. The zero-order valence-corrected chi connectivity index (χ0v) is 19.6. The zero-order valence-electron chi connectivity index (χ0n) is 19.6. The number of benzene rings is 2. The third kappa shape index (κ3) is 4.68. The molecule has 2 aliphatic rings. The van der Waals surface area contributed by atoms with Gasteiger partial charge in [-0.2, -0.15) is 10.4 Å². The minimum absolute atomic E-state index is 0.0760. The van der Waals surface area contributed by atoms with Crippen LogP contribution in [0.15, 0.2) is 54.7 Å². The maximum Gasteiger partial charge on any atom is 0.407 e. The highest BCUT2D eigenvalue weighted by molar-refractivity contribution is 5.81. The second-order valence-corrected chi connectivity index (χ2v) is 8.98. The normalized spacial score (nSPS) is 17.5. The van der Waals surface area contributed by atoms with Gasteiger partial charge < -0.3 is 19.9 Å². The Morgan fingerprint density at radius 3 is 2.47 bits per heavy atom. The van der Waals surface area contributed by atoms with Crippen molar-refractivity contribution in [1.82, 2.24) is 15.1 Å². The largest absolute Gasteiger partial charge is 0.480 e. The molecule has 0 radical (unpaired) electrons. The van der Waals surface area contributed by atoms with E-state index in [9.17, 15) is 20.0 Å². The van der Waals surface area contributed by atoms with Crippen molar-refractivity contribution in [1.29, 1.82) is 5.26 Å². The number of nitrogens with one attached hydrogen (secondary N) is 1. The Hall–Kier alpha value is -4.16. The summed E-state index contributed by atoms with van der Waals surface area (Å²) in [6.07, 6.45) is 3.15. The summed E-state index contributed by atoms with van der Waals surface area (Å²) in [5.74, 6) is -1.36. The number of nitriles is 1. The predicted molar refractivity (Wildman–Crippen MR) is 129 cm³/mol. The molecule has 0 bridgehead atoms. The fourth-order valence-corrected chi connectivity index (χ4v) is 4.96. The van der Waals surface area contributed by atoms with E-state index < -0.39 is 18.1 Å². The number of ether oxygens (including phenoxy) is 2. The minimum atomic E-state index is -1.28. The van der Waals surface area contributed by atoms with Gasteiger partial charge in [0.1, 0.15) is 24.9 Å². The quantitative estimate of drug-likeness (QED) is 0.517. The lowest BCUT2D eigenvalue weighted by molar-refractivity contribution is -0.139. The Kier molecular flexibility index (Phi) is 6.69. The van der Waals surface area contributed by atoms with Crippen LogP contribution in [0.3, 0.4) is 0 Å². The van der Waals surface area contributed by atoms with Crippen LogP contribution in [0, 0.1) is 11.3 Å². The highest BCUT2D eigenvalue weighted by Gasteiger charge is 2.30. The number of aliphatic carboxylic acids is 1. The van der Waals surface area contributed by atoms with E-state index in [1.54, 1.807) is 10.9 Å². The van der Waals surface area contributed by atoms with E-state index in [0.717, 1.165) is 41.5 Å². The molecular weight excluding hydrogens is 460 g/mol. The molecule has 36 heavy (non-hydrogen) atoms. The molecule has 2 heterocycles. The standard InChI is InChI=1S/C27H26N4O5/c28-14-24-17(15-31(30-24)25-11-5-6-12-35-25)13-23(26(32)33)29-27(34)36-16-22-20-9-3-1-7-18(20)19-8-2-4-10-21(19)22/h1-4,7-10,15,22-23,25H,5-6,11-13,16H2,(H,29,34)(H,32,33). The van der Waals surface area contributed by atoms with Crippen molar-refractivity contribution < 1.29 is 24.2 Å². The predicted octanol–water partition coefficient (Wildman–Crippen LogP) is 3.99. The molecule has 0 spiro atoms. The number of amides is 1. The van der Waals surface area contributed by atoms with Crippen molar-refractivity contribution in [2.75, 3.05) is 13.2 Å². The van der Waals surface area contributed by atoms with Crippen LogP contribution >= 0.6 is 0 Å². The van der Waals surface area contributed by atoms with E-state index in [1.165, 1.54) is 0 Å². The van der Waals surface area contributed by atoms with Crippen LogP contribution in [-0.4, -0.2) is 46.2 Å². The molecule has 1 amide bonds.